The maximum absolute atomic E-state index is 8.99. The predicted molar refractivity (Wildman–Crippen MR) is 125 cm³/mol. The van der Waals surface area contributed by atoms with Crippen molar-refractivity contribution < 1.29 is 0 Å². The van der Waals surface area contributed by atoms with E-state index in [-0.39, 0.29) is 0 Å². The lowest BCUT2D eigenvalue weighted by Gasteiger charge is -2.30. The number of anilines is 2. The number of para-hydroxylation sites is 1. The Morgan fingerprint density at radius 3 is 2.57 bits per heavy atom. The molecule has 148 valence electrons. The topological polar surface area (TPSA) is 51.4 Å². The fourth-order valence-electron chi connectivity index (χ4n) is 3.48. The van der Waals surface area contributed by atoms with E-state index >= 15 is 0 Å². The zero-order valence-electron chi connectivity index (χ0n) is 17.2. The van der Waals surface area contributed by atoms with Gasteiger partial charge in [0.15, 0.2) is 0 Å². The van der Waals surface area contributed by atoms with Crippen LogP contribution in [0.25, 0.3) is 6.08 Å². The molecule has 0 atom stereocenters. The Morgan fingerprint density at radius 2 is 1.80 bits per heavy atom. The molecule has 1 aliphatic heterocycles. The Kier molecular flexibility index (Phi) is 5.63. The van der Waals surface area contributed by atoms with Gasteiger partial charge in [-0.25, -0.2) is 4.99 Å². The first-order chi connectivity index (χ1) is 14.6. The van der Waals surface area contributed by atoms with Crippen LogP contribution in [-0.2, 0) is 6.54 Å². The SMILES string of the molecule is CC(C)Nc1cccc(N2Cc3ccccc3N=C2/C=C/c2ccc(C#N)cc2)c1. The summed E-state index contributed by atoms with van der Waals surface area (Å²) in [4.78, 5) is 7.16. The van der Waals surface area contributed by atoms with E-state index in [4.69, 9.17) is 10.3 Å². The number of nitrogens with one attached hydrogen (secondary N) is 1. The summed E-state index contributed by atoms with van der Waals surface area (Å²) in [6.07, 6.45) is 4.08. The molecule has 4 rings (SSSR count). The Balaban J connectivity index is 1.69. The van der Waals surface area contributed by atoms with Crippen LogP contribution in [0.4, 0.5) is 17.1 Å². The van der Waals surface area contributed by atoms with Crippen molar-refractivity contribution in [2.75, 3.05) is 10.2 Å². The summed E-state index contributed by atoms with van der Waals surface area (Å²) in [5.41, 5.74) is 6.09. The van der Waals surface area contributed by atoms with E-state index in [9.17, 15) is 0 Å². The molecule has 0 amide bonds. The normalized spacial score (nSPS) is 13.1. The highest BCUT2D eigenvalue weighted by atomic mass is 15.2. The highest BCUT2D eigenvalue weighted by Crippen LogP contribution is 2.31. The molecule has 0 bridgehead atoms. The third kappa shape index (κ3) is 4.42. The molecular formula is C26H24N4. The van der Waals surface area contributed by atoms with Crippen LogP contribution < -0.4 is 10.2 Å². The Labute approximate surface area is 177 Å². The van der Waals surface area contributed by atoms with E-state index in [0.717, 1.165) is 35.0 Å². The fraction of sp³-hybridized carbons (Fsp3) is 0.154. The molecule has 0 saturated heterocycles. The van der Waals surface area contributed by atoms with Gasteiger partial charge in [0.2, 0.25) is 0 Å². The number of hydrogen-bond donors (Lipinski definition) is 1. The number of nitrogens with zero attached hydrogens (tertiary/aromatic N) is 3. The van der Waals surface area contributed by atoms with E-state index < -0.39 is 0 Å². The molecule has 1 N–H and O–H groups in total. The average Bonchev–Trinajstić information content (AvgIpc) is 2.77. The molecule has 0 saturated carbocycles. The van der Waals surface area contributed by atoms with Gasteiger partial charge in [0.25, 0.3) is 0 Å². The molecule has 4 nitrogen and oxygen atoms in total. The maximum Gasteiger partial charge on any atom is 0.133 e. The van der Waals surface area contributed by atoms with Crippen LogP contribution >= 0.6 is 0 Å². The first-order valence-electron chi connectivity index (χ1n) is 10.1. The van der Waals surface area contributed by atoms with Gasteiger partial charge in [0.05, 0.1) is 23.9 Å². The van der Waals surface area contributed by atoms with Crippen LogP contribution in [-0.4, -0.2) is 11.9 Å². The number of benzene rings is 3. The van der Waals surface area contributed by atoms with Crippen molar-refractivity contribution in [2.45, 2.75) is 26.4 Å². The molecular weight excluding hydrogens is 368 g/mol. The standard InChI is InChI=1S/C26H24N4/c1-19(2)28-23-7-5-8-24(16-23)30-18-22-6-3-4-9-25(22)29-26(30)15-14-20-10-12-21(17-27)13-11-20/h3-16,19,28H,18H2,1-2H3/b15-14+. The van der Waals surface area contributed by atoms with E-state index in [1.54, 1.807) is 0 Å². The van der Waals surface area contributed by atoms with Gasteiger partial charge < -0.3 is 10.2 Å². The molecule has 30 heavy (non-hydrogen) atoms. The molecule has 0 radical (unpaired) electrons. The van der Waals surface area contributed by atoms with Gasteiger partial charge in [0.1, 0.15) is 5.84 Å². The van der Waals surface area contributed by atoms with Crippen molar-refractivity contribution in [1.82, 2.24) is 0 Å². The third-order valence-electron chi connectivity index (χ3n) is 4.91. The van der Waals surface area contributed by atoms with Crippen molar-refractivity contribution in [1.29, 1.82) is 5.26 Å². The summed E-state index contributed by atoms with van der Waals surface area (Å²) in [6.45, 7) is 5.03. The van der Waals surface area contributed by atoms with Crippen molar-refractivity contribution >= 4 is 29.0 Å². The number of amidine groups is 1. The van der Waals surface area contributed by atoms with Crippen LogP contribution in [0, 0.1) is 11.3 Å². The van der Waals surface area contributed by atoms with E-state index in [0.29, 0.717) is 11.6 Å². The summed E-state index contributed by atoms with van der Waals surface area (Å²) in [7, 11) is 0. The second-order valence-electron chi connectivity index (χ2n) is 7.60. The molecule has 0 spiro atoms. The quantitative estimate of drug-likeness (QED) is 0.567. The summed E-state index contributed by atoms with van der Waals surface area (Å²) in [6, 6.07) is 26.8. The Morgan fingerprint density at radius 1 is 1.00 bits per heavy atom. The molecule has 0 fully saturated rings. The summed E-state index contributed by atoms with van der Waals surface area (Å²) in [5.74, 6) is 0.889. The third-order valence-corrected chi connectivity index (χ3v) is 4.91. The van der Waals surface area contributed by atoms with Crippen molar-refractivity contribution in [2.24, 2.45) is 4.99 Å². The number of fused-ring (bicyclic) bond motifs is 1. The molecule has 3 aromatic rings. The van der Waals surface area contributed by atoms with E-state index in [1.165, 1.54) is 5.56 Å². The minimum Gasteiger partial charge on any atom is -0.383 e. The van der Waals surface area contributed by atoms with Crippen molar-refractivity contribution in [3.8, 4) is 6.07 Å². The second kappa shape index (κ2) is 8.67. The Hall–Kier alpha value is -3.84. The summed E-state index contributed by atoms with van der Waals surface area (Å²) >= 11 is 0. The number of nitriles is 1. The number of aliphatic imine (C=N–C) groups is 1. The summed E-state index contributed by atoms with van der Waals surface area (Å²) in [5, 5.41) is 12.5. The van der Waals surface area contributed by atoms with Crippen LogP contribution in [0.3, 0.4) is 0 Å². The lowest BCUT2D eigenvalue weighted by Crippen LogP contribution is -2.31. The van der Waals surface area contributed by atoms with Crippen LogP contribution in [0.15, 0.2) is 83.9 Å². The molecule has 0 aliphatic carbocycles. The van der Waals surface area contributed by atoms with Crippen LogP contribution in [0.2, 0.25) is 0 Å². The second-order valence-corrected chi connectivity index (χ2v) is 7.60. The first kappa shape index (κ1) is 19.5. The fourth-order valence-corrected chi connectivity index (χ4v) is 3.48. The molecule has 0 aromatic heterocycles. The van der Waals surface area contributed by atoms with Crippen LogP contribution in [0.1, 0.15) is 30.5 Å². The van der Waals surface area contributed by atoms with Crippen molar-refractivity contribution in [3.63, 3.8) is 0 Å². The minimum atomic E-state index is 0.367. The molecule has 3 aromatic carbocycles. The lowest BCUT2D eigenvalue weighted by atomic mass is 10.1. The van der Waals surface area contributed by atoms with Gasteiger partial charge in [-0.3, -0.25) is 0 Å². The molecule has 4 heteroatoms. The Bertz CT molecular complexity index is 1130. The minimum absolute atomic E-state index is 0.367. The number of rotatable bonds is 5. The smallest absolute Gasteiger partial charge is 0.133 e. The largest absolute Gasteiger partial charge is 0.383 e. The monoisotopic (exact) mass is 392 g/mol. The van der Waals surface area contributed by atoms with Crippen molar-refractivity contribution in [3.05, 3.63) is 95.6 Å². The number of hydrogen-bond acceptors (Lipinski definition) is 4. The first-order valence-corrected chi connectivity index (χ1v) is 10.1. The van der Waals surface area contributed by atoms with E-state index in [1.807, 2.05) is 42.5 Å². The average molecular weight is 393 g/mol. The lowest BCUT2D eigenvalue weighted by molar-refractivity contribution is 0.899. The van der Waals surface area contributed by atoms with Gasteiger partial charge in [0, 0.05) is 17.4 Å². The zero-order valence-corrected chi connectivity index (χ0v) is 17.2. The van der Waals surface area contributed by atoms with Crippen LogP contribution in [0.5, 0.6) is 0 Å². The molecule has 0 unspecified atom stereocenters. The highest BCUT2D eigenvalue weighted by Gasteiger charge is 2.19. The zero-order chi connectivity index (χ0) is 20.9. The van der Waals surface area contributed by atoms with Gasteiger partial charge in [-0.15, -0.1) is 0 Å². The van der Waals surface area contributed by atoms with Gasteiger partial charge in [-0.2, -0.15) is 5.26 Å². The maximum atomic E-state index is 8.99. The predicted octanol–water partition coefficient (Wildman–Crippen LogP) is 6.14. The summed E-state index contributed by atoms with van der Waals surface area (Å²) < 4.78 is 0. The molecule has 1 heterocycles. The van der Waals surface area contributed by atoms with Gasteiger partial charge >= 0.3 is 0 Å². The molecule has 1 aliphatic rings. The van der Waals surface area contributed by atoms with Gasteiger partial charge in [-0.05, 0) is 67.4 Å². The highest BCUT2D eigenvalue weighted by molar-refractivity contribution is 6.10. The van der Waals surface area contributed by atoms with Gasteiger partial charge in [-0.1, -0.05) is 42.5 Å². The van der Waals surface area contributed by atoms with E-state index in [2.05, 4.69) is 72.6 Å².